The summed E-state index contributed by atoms with van der Waals surface area (Å²) >= 11 is 6.14. The van der Waals surface area contributed by atoms with Crippen molar-refractivity contribution in [1.82, 2.24) is 10.2 Å². The zero-order chi connectivity index (χ0) is 32.6. The van der Waals surface area contributed by atoms with E-state index in [9.17, 15) is 18.0 Å². The predicted molar refractivity (Wildman–Crippen MR) is 178 cm³/mol. The van der Waals surface area contributed by atoms with Crippen LogP contribution in [0.3, 0.4) is 0 Å². The van der Waals surface area contributed by atoms with E-state index in [0.29, 0.717) is 16.5 Å². The summed E-state index contributed by atoms with van der Waals surface area (Å²) < 4.78 is 34.6. The van der Waals surface area contributed by atoms with Gasteiger partial charge in [-0.25, -0.2) is 8.42 Å². The van der Waals surface area contributed by atoms with Gasteiger partial charge in [0.05, 0.1) is 17.7 Å². The molecule has 236 valence electrons. The van der Waals surface area contributed by atoms with Crippen molar-refractivity contribution in [2.75, 3.05) is 18.0 Å². The molecule has 0 saturated carbocycles. The molecule has 10 heteroatoms. The van der Waals surface area contributed by atoms with Crippen molar-refractivity contribution in [2.24, 2.45) is 0 Å². The smallest absolute Gasteiger partial charge is 0.264 e. The SMILES string of the molecule is COc1ccc(S(=O)(=O)N(CC(=O)N(Cc2ccc(Cl)cc2)[C@H](Cc2ccccc2)C(=O)NC(C)C)c2ccc(C)cc2)cc1. The topological polar surface area (TPSA) is 96.0 Å². The number of sulfonamides is 1. The van der Waals surface area contributed by atoms with Gasteiger partial charge in [-0.15, -0.1) is 0 Å². The first-order valence-corrected chi connectivity index (χ1v) is 16.4. The van der Waals surface area contributed by atoms with E-state index >= 15 is 0 Å². The Bertz CT molecular complexity index is 1680. The second-order valence-electron chi connectivity index (χ2n) is 11.0. The fraction of sp³-hybridized carbons (Fsp3) is 0.257. The van der Waals surface area contributed by atoms with Crippen molar-refractivity contribution < 1.29 is 22.7 Å². The number of nitrogens with one attached hydrogen (secondary N) is 1. The van der Waals surface area contributed by atoms with Crippen LogP contribution in [-0.4, -0.2) is 50.9 Å². The molecule has 0 aromatic heterocycles. The van der Waals surface area contributed by atoms with Gasteiger partial charge in [0.15, 0.2) is 0 Å². The third kappa shape index (κ3) is 8.86. The molecule has 8 nitrogen and oxygen atoms in total. The molecule has 4 aromatic rings. The van der Waals surface area contributed by atoms with E-state index in [4.69, 9.17) is 16.3 Å². The van der Waals surface area contributed by atoms with Crippen LogP contribution in [0.4, 0.5) is 5.69 Å². The minimum Gasteiger partial charge on any atom is -0.497 e. The van der Waals surface area contributed by atoms with Crippen LogP contribution in [0.25, 0.3) is 0 Å². The van der Waals surface area contributed by atoms with Gasteiger partial charge in [0.25, 0.3) is 10.0 Å². The lowest BCUT2D eigenvalue weighted by Gasteiger charge is -2.34. The molecule has 0 saturated heterocycles. The minimum absolute atomic E-state index is 0.000636. The Kier molecular flexibility index (Phi) is 11.3. The van der Waals surface area contributed by atoms with E-state index in [0.717, 1.165) is 21.0 Å². The Morgan fingerprint density at radius 2 is 1.47 bits per heavy atom. The molecule has 0 unspecified atom stereocenters. The first-order valence-electron chi connectivity index (χ1n) is 14.6. The Balaban J connectivity index is 1.79. The third-order valence-corrected chi connectivity index (χ3v) is 9.26. The summed E-state index contributed by atoms with van der Waals surface area (Å²) in [5, 5.41) is 3.49. The number of hydrogen-bond acceptors (Lipinski definition) is 5. The van der Waals surface area contributed by atoms with Gasteiger partial charge in [0, 0.05) is 24.0 Å². The molecule has 0 heterocycles. The number of aryl methyl sites for hydroxylation is 1. The van der Waals surface area contributed by atoms with E-state index in [-0.39, 0.29) is 29.8 Å². The van der Waals surface area contributed by atoms with Crippen LogP contribution in [0.15, 0.2) is 108 Å². The van der Waals surface area contributed by atoms with Crippen molar-refractivity contribution >= 4 is 39.1 Å². The molecule has 0 spiro atoms. The number of amides is 2. The second-order valence-corrected chi connectivity index (χ2v) is 13.3. The maximum absolute atomic E-state index is 14.5. The Labute approximate surface area is 270 Å². The maximum atomic E-state index is 14.5. The van der Waals surface area contributed by atoms with Gasteiger partial charge in [0.1, 0.15) is 18.3 Å². The van der Waals surface area contributed by atoms with E-state index in [1.165, 1.54) is 24.1 Å². The van der Waals surface area contributed by atoms with Crippen LogP contribution < -0.4 is 14.4 Å². The number of benzene rings is 4. The standard InChI is InChI=1S/C35H38ClN3O5S/c1-25(2)37-35(41)33(22-27-8-6-5-7-9-27)38(23-28-12-14-29(36)15-13-28)34(40)24-39(30-16-10-26(3)11-17-30)45(42,43)32-20-18-31(44-4)19-21-32/h5-21,25,33H,22-24H2,1-4H3,(H,37,41)/t33-/m1/s1. The van der Waals surface area contributed by atoms with Gasteiger partial charge in [-0.3, -0.25) is 13.9 Å². The number of carbonyl (C=O) groups excluding carboxylic acids is 2. The monoisotopic (exact) mass is 647 g/mol. The average molecular weight is 648 g/mol. The molecule has 0 bridgehead atoms. The predicted octanol–water partition coefficient (Wildman–Crippen LogP) is 6.02. The highest BCUT2D eigenvalue weighted by atomic mass is 35.5. The Morgan fingerprint density at radius 1 is 0.844 bits per heavy atom. The van der Waals surface area contributed by atoms with Crippen LogP contribution in [0.2, 0.25) is 5.02 Å². The zero-order valence-electron chi connectivity index (χ0n) is 25.8. The summed E-state index contributed by atoms with van der Waals surface area (Å²) in [4.78, 5) is 29.7. The molecule has 1 atom stereocenters. The van der Waals surface area contributed by atoms with Crippen molar-refractivity contribution in [3.05, 3.63) is 125 Å². The number of ether oxygens (including phenoxy) is 1. The van der Waals surface area contributed by atoms with Crippen molar-refractivity contribution in [2.45, 2.75) is 50.7 Å². The molecular weight excluding hydrogens is 610 g/mol. The third-order valence-electron chi connectivity index (χ3n) is 7.22. The summed E-state index contributed by atoms with van der Waals surface area (Å²) in [5.41, 5.74) is 2.85. The normalized spacial score (nSPS) is 12.0. The first kappa shape index (κ1) is 33.6. The van der Waals surface area contributed by atoms with Crippen LogP contribution in [0.5, 0.6) is 5.75 Å². The fourth-order valence-corrected chi connectivity index (χ4v) is 6.38. The molecule has 0 fully saturated rings. The fourth-order valence-electron chi connectivity index (χ4n) is 4.84. The van der Waals surface area contributed by atoms with Gasteiger partial charge in [-0.2, -0.15) is 0 Å². The largest absolute Gasteiger partial charge is 0.497 e. The van der Waals surface area contributed by atoms with Crippen LogP contribution in [-0.2, 0) is 32.6 Å². The number of halogens is 1. The van der Waals surface area contributed by atoms with Crippen LogP contribution in [0.1, 0.15) is 30.5 Å². The summed E-state index contributed by atoms with van der Waals surface area (Å²) in [6.07, 6.45) is 0.231. The molecule has 0 aliphatic carbocycles. The highest BCUT2D eigenvalue weighted by Crippen LogP contribution is 2.27. The Hall–Kier alpha value is -4.34. The molecule has 0 radical (unpaired) electrons. The van der Waals surface area contributed by atoms with E-state index < -0.39 is 28.5 Å². The van der Waals surface area contributed by atoms with Crippen molar-refractivity contribution in [3.8, 4) is 5.75 Å². The quantitative estimate of drug-likeness (QED) is 0.192. The van der Waals surface area contributed by atoms with Gasteiger partial charge in [0.2, 0.25) is 11.8 Å². The highest BCUT2D eigenvalue weighted by Gasteiger charge is 2.34. The van der Waals surface area contributed by atoms with Gasteiger partial charge in [-0.1, -0.05) is 71.8 Å². The molecule has 4 aromatic carbocycles. The average Bonchev–Trinajstić information content (AvgIpc) is 3.03. The summed E-state index contributed by atoms with van der Waals surface area (Å²) in [6, 6.07) is 28.2. The highest BCUT2D eigenvalue weighted by molar-refractivity contribution is 7.92. The number of hydrogen-bond donors (Lipinski definition) is 1. The van der Waals surface area contributed by atoms with Gasteiger partial charge < -0.3 is 15.0 Å². The van der Waals surface area contributed by atoms with E-state index in [1.54, 1.807) is 60.7 Å². The van der Waals surface area contributed by atoms with Crippen LogP contribution >= 0.6 is 11.6 Å². The number of rotatable bonds is 13. The summed E-state index contributed by atoms with van der Waals surface area (Å²) in [7, 11) is -2.71. The summed E-state index contributed by atoms with van der Waals surface area (Å²) in [5.74, 6) is -0.375. The van der Waals surface area contributed by atoms with Gasteiger partial charge >= 0.3 is 0 Å². The number of methoxy groups -OCH3 is 1. The van der Waals surface area contributed by atoms with Crippen molar-refractivity contribution in [3.63, 3.8) is 0 Å². The maximum Gasteiger partial charge on any atom is 0.264 e. The van der Waals surface area contributed by atoms with E-state index in [1.807, 2.05) is 51.1 Å². The molecule has 0 aliphatic rings. The minimum atomic E-state index is -4.21. The number of carbonyl (C=O) groups is 2. The van der Waals surface area contributed by atoms with Gasteiger partial charge in [-0.05, 0) is 80.4 Å². The lowest BCUT2D eigenvalue weighted by molar-refractivity contribution is -0.140. The lowest BCUT2D eigenvalue weighted by Crippen LogP contribution is -2.54. The van der Waals surface area contributed by atoms with Crippen LogP contribution in [0, 0.1) is 6.92 Å². The molecule has 4 rings (SSSR count). The molecule has 0 aliphatic heterocycles. The van der Waals surface area contributed by atoms with E-state index in [2.05, 4.69) is 5.32 Å². The zero-order valence-corrected chi connectivity index (χ0v) is 27.4. The second kappa shape index (κ2) is 15.1. The lowest BCUT2D eigenvalue weighted by atomic mass is 10.0. The summed E-state index contributed by atoms with van der Waals surface area (Å²) in [6.45, 7) is 5.12. The number of anilines is 1. The molecule has 45 heavy (non-hydrogen) atoms. The number of nitrogens with zero attached hydrogens (tertiary/aromatic N) is 2. The Morgan fingerprint density at radius 3 is 2.04 bits per heavy atom. The molecular formula is C35H38ClN3O5S. The first-order chi connectivity index (χ1) is 21.5. The molecule has 1 N–H and O–H groups in total. The van der Waals surface area contributed by atoms with Crippen molar-refractivity contribution in [1.29, 1.82) is 0 Å². The molecule has 2 amide bonds.